The van der Waals surface area contributed by atoms with Crippen molar-refractivity contribution in [2.75, 3.05) is 40.3 Å². The van der Waals surface area contributed by atoms with Crippen LogP contribution in [0.3, 0.4) is 0 Å². The van der Waals surface area contributed by atoms with Crippen molar-refractivity contribution in [1.82, 2.24) is 15.1 Å². The number of rotatable bonds is 3. The quantitative estimate of drug-likeness (QED) is 0.417. The molecule has 0 bridgehead atoms. The van der Waals surface area contributed by atoms with Crippen molar-refractivity contribution in [3.8, 4) is 0 Å². The summed E-state index contributed by atoms with van der Waals surface area (Å²) >= 11 is 0. The van der Waals surface area contributed by atoms with Crippen molar-refractivity contribution in [2.24, 2.45) is 10.9 Å². The number of carbonyl (C=O) groups excluding carboxylic acids is 1. The topological polar surface area (TPSA) is 57.2 Å². The number of nitrogens with one attached hydrogen (secondary N) is 1. The monoisotopic (exact) mass is 440 g/mol. The number of hydrogen-bond donors (Lipinski definition) is 1. The number of halogens is 1. The molecule has 7 heteroatoms. The van der Waals surface area contributed by atoms with E-state index in [4.69, 9.17) is 4.74 Å². The first-order chi connectivity index (χ1) is 10.2. The Morgan fingerprint density at radius 1 is 1.35 bits per heavy atom. The van der Waals surface area contributed by atoms with Crippen molar-refractivity contribution >= 4 is 36.0 Å². The van der Waals surface area contributed by atoms with Gasteiger partial charge < -0.3 is 19.9 Å². The van der Waals surface area contributed by atoms with Gasteiger partial charge in [-0.15, -0.1) is 24.0 Å². The summed E-state index contributed by atoms with van der Waals surface area (Å²) in [5.41, 5.74) is -0.459. The fourth-order valence-electron chi connectivity index (χ4n) is 2.32. The summed E-state index contributed by atoms with van der Waals surface area (Å²) in [4.78, 5) is 20.1. The first-order valence-electron chi connectivity index (χ1n) is 8.12. The standard InChI is InChI=1S/C16H32N4O2.HI/c1-13-7-10-20(11-8-13)14(17-5)18-9-12-19(6)15(21)22-16(2,3)4;/h13H,7-12H2,1-6H3,(H,17,18);1H. The van der Waals surface area contributed by atoms with Crippen LogP contribution in [0.4, 0.5) is 4.79 Å². The maximum absolute atomic E-state index is 11.9. The van der Waals surface area contributed by atoms with E-state index >= 15 is 0 Å². The molecule has 23 heavy (non-hydrogen) atoms. The van der Waals surface area contributed by atoms with Gasteiger partial charge in [-0.1, -0.05) is 6.92 Å². The second-order valence-corrected chi connectivity index (χ2v) is 7.05. The molecule has 0 unspecified atom stereocenters. The average Bonchev–Trinajstić information content (AvgIpc) is 2.43. The molecule has 0 radical (unpaired) electrons. The Hall–Kier alpha value is -0.730. The van der Waals surface area contributed by atoms with Crippen LogP contribution in [-0.2, 0) is 4.74 Å². The van der Waals surface area contributed by atoms with Gasteiger partial charge in [-0.05, 0) is 39.5 Å². The van der Waals surface area contributed by atoms with E-state index in [0.717, 1.165) is 25.0 Å². The van der Waals surface area contributed by atoms with Crippen LogP contribution >= 0.6 is 24.0 Å². The first-order valence-corrected chi connectivity index (χ1v) is 8.12. The normalized spacial score (nSPS) is 16.6. The highest BCUT2D eigenvalue weighted by molar-refractivity contribution is 14.0. The summed E-state index contributed by atoms with van der Waals surface area (Å²) in [6, 6.07) is 0. The number of piperidine rings is 1. The van der Waals surface area contributed by atoms with E-state index in [1.807, 2.05) is 20.8 Å². The van der Waals surface area contributed by atoms with Crippen molar-refractivity contribution in [2.45, 2.75) is 46.1 Å². The molecule has 1 aliphatic rings. The fraction of sp³-hybridized carbons (Fsp3) is 0.875. The molecule has 1 rings (SSSR count). The largest absolute Gasteiger partial charge is 0.444 e. The number of carbonyl (C=O) groups is 1. The van der Waals surface area contributed by atoms with Crippen molar-refractivity contribution in [3.05, 3.63) is 0 Å². The average molecular weight is 440 g/mol. The smallest absolute Gasteiger partial charge is 0.410 e. The molecule has 1 aliphatic heterocycles. The molecule has 136 valence electrons. The van der Waals surface area contributed by atoms with Gasteiger partial charge in [0, 0.05) is 40.3 Å². The third kappa shape index (κ3) is 8.62. The van der Waals surface area contributed by atoms with Gasteiger partial charge in [-0.3, -0.25) is 4.99 Å². The lowest BCUT2D eigenvalue weighted by Crippen LogP contribution is -2.47. The predicted octanol–water partition coefficient (Wildman–Crippen LogP) is 2.78. The third-order valence-corrected chi connectivity index (χ3v) is 3.73. The molecule has 1 saturated heterocycles. The van der Waals surface area contributed by atoms with Crippen LogP contribution in [0.5, 0.6) is 0 Å². The number of guanidine groups is 1. The van der Waals surface area contributed by atoms with Gasteiger partial charge in [0.25, 0.3) is 0 Å². The summed E-state index contributed by atoms with van der Waals surface area (Å²) in [5, 5.41) is 3.33. The minimum Gasteiger partial charge on any atom is -0.444 e. The first kappa shape index (κ1) is 22.3. The van der Waals surface area contributed by atoms with Gasteiger partial charge in [-0.25, -0.2) is 4.79 Å². The van der Waals surface area contributed by atoms with Crippen LogP contribution in [0.15, 0.2) is 4.99 Å². The number of nitrogens with zero attached hydrogens (tertiary/aromatic N) is 3. The second-order valence-electron chi connectivity index (χ2n) is 7.05. The number of aliphatic imine (C=N–C) groups is 1. The number of likely N-dealkylation sites (N-methyl/N-ethyl adjacent to an activating group) is 1. The maximum atomic E-state index is 11.9. The molecule has 1 N–H and O–H groups in total. The van der Waals surface area contributed by atoms with Crippen LogP contribution in [0.1, 0.15) is 40.5 Å². The number of amides is 1. The van der Waals surface area contributed by atoms with Crippen molar-refractivity contribution < 1.29 is 9.53 Å². The van der Waals surface area contributed by atoms with Crippen LogP contribution < -0.4 is 5.32 Å². The van der Waals surface area contributed by atoms with Gasteiger partial charge in [-0.2, -0.15) is 0 Å². The molecule has 1 fully saturated rings. The van der Waals surface area contributed by atoms with Crippen LogP contribution in [0.2, 0.25) is 0 Å². The molecule has 0 atom stereocenters. The molecule has 0 aliphatic carbocycles. The Morgan fingerprint density at radius 2 is 1.91 bits per heavy atom. The van der Waals surface area contributed by atoms with Crippen molar-refractivity contribution in [3.63, 3.8) is 0 Å². The van der Waals surface area contributed by atoms with E-state index < -0.39 is 5.60 Å². The molecule has 0 aromatic rings. The SMILES string of the molecule is CN=C(NCCN(C)C(=O)OC(C)(C)C)N1CCC(C)CC1.I. The van der Waals surface area contributed by atoms with Gasteiger partial charge in [0.05, 0.1) is 0 Å². The number of hydrogen-bond acceptors (Lipinski definition) is 3. The minimum absolute atomic E-state index is 0. The highest BCUT2D eigenvalue weighted by atomic mass is 127. The fourth-order valence-corrected chi connectivity index (χ4v) is 2.32. The molecule has 0 saturated carbocycles. The lowest BCUT2D eigenvalue weighted by molar-refractivity contribution is 0.0302. The third-order valence-electron chi connectivity index (χ3n) is 3.73. The number of ether oxygens (including phenoxy) is 1. The molecule has 1 heterocycles. The molecule has 1 amide bonds. The minimum atomic E-state index is -0.459. The summed E-state index contributed by atoms with van der Waals surface area (Å²) in [5.74, 6) is 1.72. The molecular weight excluding hydrogens is 407 g/mol. The van der Waals surface area contributed by atoms with Gasteiger partial charge >= 0.3 is 6.09 Å². The molecule has 0 aromatic carbocycles. The van der Waals surface area contributed by atoms with Crippen LogP contribution in [0.25, 0.3) is 0 Å². The zero-order chi connectivity index (χ0) is 16.8. The summed E-state index contributed by atoms with van der Waals surface area (Å²) < 4.78 is 5.33. The lowest BCUT2D eigenvalue weighted by atomic mass is 10.00. The Kier molecular flexibility index (Phi) is 9.88. The Morgan fingerprint density at radius 3 is 2.39 bits per heavy atom. The summed E-state index contributed by atoms with van der Waals surface area (Å²) in [7, 11) is 3.55. The zero-order valence-electron chi connectivity index (χ0n) is 15.4. The van der Waals surface area contributed by atoms with Crippen LogP contribution in [0, 0.1) is 5.92 Å². The van der Waals surface area contributed by atoms with Gasteiger partial charge in [0.1, 0.15) is 5.60 Å². The zero-order valence-corrected chi connectivity index (χ0v) is 17.7. The van der Waals surface area contributed by atoms with E-state index in [-0.39, 0.29) is 30.1 Å². The molecule has 0 aromatic heterocycles. The highest BCUT2D eigenvalue weighted by Crippen LogP contribution is 2.15. The van der Waals surface area contributed by atoms with E-state index in [1.165, 1.54) is 12.8 Å². The van der Waals surface area contributed by atoms with Crippen LogP contribution in [-0.4, -0.2) is 67.7 Å². The van der Waals surface area contributed by atoms with E-state index in [9.17, 15) is 4.79 Å². The Labute approximate surface area is 158 Å². The predicted molar refractivity (Wildman–Crippen MR) is 106 cm³/mol. The van der Waals surface area contributed by atoms with E-state index in [1.54, 1.807) is 19.0 Å². The van der Waals surface area contributed by atoms with Crippen molar-refractivity contribution in [1.29, 1.82) is 0 Å². The maximum Gasteiger partial charge on any atom is 0.410 e. The Bertz CT molecular complexity index is 388. The number of likely N-dealkylation sites (tertiary alicyclic amines) is 1. The van der Waals surface area contributed by atoms with Gasteiger partial charge in [0.15, 0.2) is 5.96 Å². The summed E-state index contributed by atoms with van der Waals surface area (Å²) in [6.07, 6.45) is 2.12. The molecular formula is C16H33IN4O2. The van der Waals surface area contributed by atoms with E-state index in [2.05, 4.69) is 22.1 Å². The van der Waals surface area contributed by atoms with E-state index in [0.29, 0.717) is 13.1 Å². The Balaban J connectivity index is 0.00000484. The lowest BCUT2D eigenvalue weighted by Gasteiger charge is -2.33. The highest BCUT2D eigenvalue weighted by Gasteiger charge is 2.20. The second kappa shape index (κ2) is 10.2. The molecule has 6 nitrogen and oxygen atoms in total. The molecule has 0 spiro atoms. The summed E-state index contributed by atoms with van der Waals surface area (Å²) in [6.45, 7) is 11.2. The van der Waals surface area contributed by atoms with Gasteiger partial charge in [0.2, 0.25) is 0 Å².